The predicted octanol–water partition coefficient (Wildman–Crippen LogP) is 1.76. The van der Waals surface area contributed by atoms with E-state index in [0.29, 0.717) is 0 Å². The van der Waals surface area contributed by atoms with Crippen LogP contribution < -0.4 is 16.0 Å². The fourth-order valence-electron chi connectivity index (χ4n) is 2.67. The SMILES string of the molecule is COC(=O)CNC(=O)C(NC(=O)[C@@H](NC(=O)OCc1ccccc1)C(C)C)C(C)(C)C. The number of rotatable bonds is 9. The minimum absolute atomic E-state index is 0.0691. The normalized spacial score (nSPS) is 13.0. The number of benzene rings is 1. The molecule has 0 spiro atoms. The minimum atomic E-state index is -0.937. The molecular formula is C22H33N3O6. The molecular weight excluding hydrogens is 402 g/mol. The quantitative estimate of drug-likeness (QED) is 0.508. The van der Waals surface area contributed by atoms with E-state index in [0.717, 1.165) is 5.56 Å². The molecule has 172 valence electrons. The predicted molar refractivity (Wildman–Crippen MR) is 115 cm³/mol. The van der Waals surface area contributed by atoms with Crippen molar-refractivity contribution in [2.75, 3.05) is 13.7 Å². The van der Waals surface area contributed by atoms with Crippen LogP contribution in [-0.2, 0) is 30.5 Å². The van der Waals surface area contributed by atoms with Gasteiger partial charge in [-0.1, -0.05) is 65.0 Å². The highest BCUT2D eigenvalue weighted by Crippen LogP contribution is 2.20. The molecule has 0 heterocycles. The van der Waals surface area contributed by atoms with Gasteiger partial charge in [0.25, 0.3) is 0 Å². The Balaban J connectivity index is 2.78. The molecule has 0 aliphatic carbocycles. The van der Waals surface area contributed by atoms with Gasteiger partial charge in [-0.15, -0.1) is 0 Å². The van der Waals surface area contributed by atoms with Gasteiger partial charge in [0.15, 0.2) is 0 Å². The molecule has 9 heteroatoms. The van der Waals surface area contributed by atoms with E-state index in [9.17, 15) is 19.2 Å². The van der Waals surface area contributed by atoms with Gasteiger partial charge in [0, 0.05) is 0 Å². The lowest BCUT2D eigenvalue weighted by Gasteiger charge is -2.32. The lowest BCUT2D eigenvalue weighted by molar-refractivity contribution is -0.142. The fraction of sp³-hybridized carbons (Fsp3) is 0.545. The van der Waals surface area contributed by atoms with Gasteiger partial charge in [0.05, 0.1) is 7.11 Å². The minimum Gasteiger partial charge on any atom is -0.468 e. The Labute approximate surface area is 183 Å². The summed E-state index contributed by atoms with van der Waals surface area (Å²) in [5.41, 5.74) is 0.170. The van der Waals surface area contributed by atoms with Crippen LogP contribution in [0, 0.1) is 11.3 Å². The molecule has 31 heavy (non-hydrogen) atoms. The number of carbonyl (C=O) groups excluding carboxylic acids is 4. The molecule has 1 aromatic rings. The smallest absolute Gasteiger partial charge is 0.408 e. The Kier molecular flexibility index (Phi) is 9.98. The van der Waals surface area contributed by atoms with Crippen molar-refractivity contribution in [3.05, 3.63) is 35.9 Å². The summed E-state index contributed by atoms with van der Waals surface area (Å²) in [6.07, 6.45) is -0.736. The molecule has 0 saturated carbocycles. The summed E-state index contributed by atoms with van der Waals surface area (Å²) < 4.78 is 9.71. The van der Waals surface area contributed by atoms with Gasteiger partial charge in [-0.2, -0.15) is 0 Å². The first-order chi connectivity index (χ1) is 14.5. The number of esters is 1. The second-order valence-electron chi connectivity index (χ2n) is 8.53. The van der Waals surface area contributed by atoms with Crippen LogP contribution in [0.15, 0.2) is 30.3 Å². The average molecular weight is 436 g/mol. The summed E-state index contributed by atoms with van der Waals surface area (Å²) in [6, 6.07) is 7.31. The zero-order valence-corrected chi connectivity index (χ0v) is 19.0. The second kappa shape index (κ2) is 11.9. The molecule has 3 amide bonds. The van der Waals surface area contributed by atoms with Crippen molar-refractivity contribution in [1.82, 2.24) is 16.0 Å². The largest absolute Gasteiger partial charge is 0.468 e. The molecule has 1 aromatic carbocycles. The van der Waals surface area contributed by atoms with E-state index >= 15 is 0 Å². The maximum Gasteiger partial charge on any atom is 0.408 e. The van der Waals surface area contributed by atoms with Crippen molar-refractivity contribution in [1.29, 1.82) is 0 Å². The van der Waals surface area contributed by atoms with Crippen LogP contribution in [0.4, 0.5) is 4.79 Å². The lowest BCUT2D eigenvalue weighted by atomic mass is 9.85. The number of amides is 3. The molecule has 0 aromatic heterocycles. The summed E-state index contributed by atoms with van der Waals surface area (Å²) in [6.45, 7) is 8.64. The van der Waals surface area contributed by atoms with Crippen molar-refractivity contribution < 1.29 is 28.7 Å². The summed E-state index contributed by atoms with van der Waals surface area (Å²) in [7, 11) is 1.22. The third-order valence-electron chi connectivity index (χ3n) is 4.48. The number of methoxy groups -OCH3 is 1. The Hall–Kier alpha value is -3.10. The molecule has 9 nitrogen and oxygen atoms in total. The first-order valence-electron chi connectivity index (χ1n) is 10.1. The monoisotopic (exact) mass is 435 g/mol. The topological polar surface area (TPSA) is 123 Å². The van der Waals surface area contributed by atoms with Crippen molar-refractivity contribution in [3.8, 4) is 0 Å². The first kappa shape index (κ1) is 25.9. The van der Waals surface area contributed by atoms with Gasteiger partial charge in [0.2, 0.25) is 11.8 Å². The summed E-state index contributed by atoms with van der Waals surface area (Å²) in [5.74, 6) is -1.92. The van der Waals surface area contributed by atoms with Crippen molar-refractivity contribution in [3.63, 3.8) is 0 Å². The number of hydrogen-bond acceptors (Lipinski definition) is 6. The molecule has 1 unspecified atom stereocenters. The second-order valence-corrected chi connectivity index (χ2v) is 8.53. The Morgan fingerprint density at radius 1 is 0.968 bits per heavy atom. The Morgan fingerprint density at radius 2 is 1.58 bits per heavy atom. The van der Waals surface area contributed by atoms with Crippen LogP contribution in [-0.4, -0.2) is 49.6 Å². The highest BCUT2D eigenvalue weighted by atomic mass is 16.5. The third kappa shape index (κ3) is 9.06. The van der Waals surface area contributed by atoms with Gasteiger partial charge in [-0.25, -0.2) is 4.79 Å². The van der Waals surface area contributed by atoms with Crippen LogP contribution >= 0.6 is 0 Å². The fourth-order valence-corrected chi connectivity index (χ4v) is 2.67. The number of hydrogen-bond donors (Lipinski definition) is 3. The van der Waals surface area contributed by atoms with E-state index in [1.807, 2.05) is 30.3 Å². The van der Waals surface area contributed by atoms with E-state index in [2.05, 4.69) is 20.7 Å². The summed E-state index contributed by atoms with van der Waals surface area (Å²) in [5, 5.41) is 7.70. The van der Waals surface area contributed by atoms with Gasteiger partial charge >= 0.3 is 12.1 Å². The van der Waals surface area contributed by atoms with Gasteiger partial charge in [-0.3, -0.25) is 14.4 Å². The van der Waals surface area contributed by atoms with E-state index in [1.165, 1.54) is 7.11 Å². The summed E-state index contributed by atoms with van der Waals surface area (Å²) in [4.78, 5) is 49.0. The lowest BCUT2D eigenvalue weighted by Crippen LogP contribution is -2.59. The summed E-state index contributed by atoms with van der Waals surface area (Å²) >= 11 is 0. The molecule has 0 radical (unpaired) electrons. The third-order valence-corrected chi connectivity index (χ3v) is 4.48. The number of carbonyl (C=O) groups is 4. The Morgan fingerprint density at radius 3 is 2.10 bits per heavy atom. The molecule has 0 bridgehead atoms. The van der Waals surface area contributed by atoms with Crippen LogP contribution in [0.25, 0.3) is 0 Å². The van der Waals surface area contributed by atoms with E-state index in [-0.39, 0.29) is 19.1 Å². The van der Waals surface area contributed by atoms with Gasteiger partial charge in [0.1, 0.15) is 25.2 Å². The van der Waals surface area contributed by atoms with Crippen LogP contribution in [0.2, 0.25) is 0 Å². The van der Waals surface area contributed by atoms with Crippen molar-refractivity contribution >= 4 is 23.9 Å². The highest BCUT2D eigenvalue weighted by Gasteiger charge is 2.36. The van der Waals surface area contributed by atoms with Crippen LogP contribution in [0.1, 0.15) is 40.2 Å². The van der Waals surface area contributed by atoms with Gasteiger partial charge in [-0.05, 0) is 16.9 Å². The van der Waals surface area contributed by atoms with Gasteiger partial charge < -0.3 is 25.4 Å². The van der Waals surface area contributed by atoms with Crippen molar-refractivity contribution in [2.24, 2.45) is 11.3 Å². The molecule has 0 aliphatic heterocycles. The Bertz CT molecular complexity index is 758. The molecule has 2 atom stereocenters. The molecule has 0 aliphatic rings. The number of alkyl carbamates (subject to hydrolysis) is 1. The molecule has 3 N–H and O–H groups in total. The van der Waals surface area contributed by atoms with E-state index in [1.54, 1.807) is 34.6 Å². The molecule has 0 saturated heterocycles. The maximum absolute atomic E-state index is 12.9. The number of ether oxygens (including phenoxy) is 2. The van der Waals surface area contributed by atoms with Crippen LogP contribution in [0.5, 0.6) is 0 Å². The van der Waals surface area contributed by atoms with E-state index in [4.69, 9.17) is 4.74 Å². The number of nitrogens with one attached hydrogen (secondary N) is 3. The zero-order valence-electron chi connectivity index (χ0n) is 19.0. The maximum atomic E-state index is 12.9. The first-order valence-corrected chi connectivity index (χ1v) is 10.1. The van der Waals surface area contributed by atoms with Crippen LogP contribution in [0.3, 0.4) is 0 Å². The molecule has 1 rings (SSSR count). The molecule has 0 fully saturated rings. The standard InChI is InChI=1S/C22H33N3O6/c1-14(2)17(24-21(29)31-13-15-10-8-7-9-11-15)19(27)25-18(22(3,4)5)20(28)23-12-16(26)30-6/h7-11,14,17-18H,12-13H2,1-6H3,(H,23,28)(H,24,29)(H,25,27)/t17-,18?/m0/s1. The highest BCUT2D eigenvalue weighted by molar-refractivity contribution is 5.93. The average Bonchev–Trinajstić information content (AvgIpc) is 2.71. The van der Waals surface area contributed by atoms with Crippen molar-refractivity contribution in [2.45, 2.75) is 53.3 Å². The zero-order chi connectivity index (χ0) is 23.6. The van der Waals surface area contributed by atoms with E-state index < -0.39 is 41.4 Å².